The van der Waals surface area contributed by atoms with E-state index >= 15 is 0 Å². The number of nitrogens with zero attached hydrogens (tertiary/aromatic N) is 1. The van der Waals surface area contributed by atoms with Crippen LogP contribution >= 0.6 is 23.1 Å². The molecule has 0 radical (unpaired) electrons. The molecule has 156 valence electrons. The van der Waals surface area contributed by atoms with E-state index < -0.39 is 22.0 Å². The van der Waals surface area contributed by atoms with Crippen LogP contribution in [0, 0.1) is 6.92 Å². The zero-order valence-electron chi connectivity index (χ0n) is 16.2. The highest BCUT2D eigenvalue weighted by molar-refractivity contribution is 7.99. The second-order valence-corrected chi connectivity index (χ2v) is 11.2. The Balaban J connectivity index is 1.67. The van der Waals surface area contributed by atoms with Gasteiger partial charge in [-0.1, -0.05) is 18.2 Å². The summed E-state index contributed by atoms with van der Waals surface area (Å²) >= 11 is 2.88. The van der Waals surface area contributed by atoms with Crippen LogP contribution in [0.5, 0.6) is 0 Å². The lowest BCUT2D eigenvalue weighted by atomic mass is 10.2. The fraction of sp³-hybridized carbons (Fsp3) is 0.368. The van der Waals surface area contributed by atoms with Gasteiger partial charge >= 0.3 is 0 Å². The van der Waals surface area contributed by atoms with Gasteiger partial charge in [0.05, 0.1) is 5.69 Å². The van der Waals surface area contributed by atoms with Crippen molar-refractivity contribution in [2.24, 2.45) is 0 Å². The molecule has 1 saturated heterocycles. The number of thiophene rings is 1. The Morgan fingerprint density at radius 2 is 1.79 bits per heavy atom. The highest BCUT2D eigenvalue weighted by atomic mass is 32.2. The molecule has 1 aliphatic rings. The van der Waals surface area contributed by atoms with Crippen molar-refractivity contribution in [3.05, 3.63) is 46.8 Å². The number of thioether (sulfide) groups is 1. The summed E-state index contributed by atoms with van der Waals surface area (Å²) in [5, 5.41) is 5.38. The van der Waals surface area contributed by atoms with Gasteiger partial charge in [0.1, 0.15) is 10.3 Å². The molecule has 2 N–H and O–H groups in total. The molecule has 29 heavy (non-hydrogen) atoms. The molecule has 10 heteroatoms. The Labute approximate surface area is 178 Å². The largest absolute Gasteiger partial charge is 0.341 e. The van der Waals surface area contributed by atoms with Gasteiger partial charge in [-0.25, -0.2) is 8.42 Å². The van der Waals surface area contributed by atoms with E-state index in [1.165, 1.54) is 10.4 Å². The first-order valence-electron chi connectivity index (χ1n) is 9.14. The van der Waals surface area contributed by atoms with Crippen molar-refractivity contribution in [2.45, 2.75) is 24.1 Å². The number of aryl methyl sites for hydroxylation is 1. The molecular weight excluding hydrogens is 430 g/mol. The van der Waals surface area contributed by atoms with Crippen molar-refractivity contribution >= 4 is 50.6 Å². The predicted molar refractivity (Wildman–Crippen MR) is 117 cm³/mol. The summed E-state index contributed by atoms with van der Waals surface area (Å²) in [7, 11) is -3.56. The quantitative estimate of drug-likeness (QED) is 0.701. The number of carbonyl (C=O) groups excluding carboxylic acids is 2. The lowest BCUT2D eigenvalue weighted by Gasteiger charge is -2.24. The van der Waals surface area contributed by atoms with E-state index in [9.17, 15) is 18.0 Å². The third kappa shape index (κ3) is 5.19. The zero-order chi connectivity index (χ0) is 21.0. The van der Waals surface area contributed by atoms with Crippen molar-refractivity contribution in [3.63, 3.8) is 0 Å². The lowest BCUT2D eigenvalue weighted by Crippen LogP contribution is -2.41. The van der Waals surface area contributed by atoms with E-state index in [-0.39, 0.29) is 10.1 Å². The first-order valence-corrected chi connectivity index (χ1v) is 12.6. The SMILES string of the molecule is Cc1sc(S(=O)(=O)N2CCSCC2)cc1NC(=O)[C@H](C)NC(=O)c1ccccc1. The summed E-state index contributed by atoms with van der Waals surface area (Å²) in [6, 6.07) is 9.36. The molecule has 1 fully saturated rings. The number of sulfonamides is 1. The van der Waals surface area contributed by atoms with Crippen LogP contribution in [0.4, 0.5) is 5.69 Å². The maximum absolute atomic E-state index is 12.8. The van der Waals surface area contributed by atoms with E-state index in [4.69, 9.17) is 0 Å². The molecule has 2 aromatic rings. The third-order valence-corrected chi connectivity index (χ3v) is 8.83. The first kappa shape index (κ1) is 21.8. The van der Waals surface area contributed by atoms with Crippen LogP contribution in [0.25, 0.3) is 0 Å². The number of hydrogen-bond donors (Lipinski definition) is 2. The maximum Gasteiger partial charge on any atom is 0.252 e. The van der Waals surface area contributed by atoms with Gasteiger partial charge in [-0.15, -0.1) is 11.3 Å². The van der Waals surface area contributed by atoms with Gasteiger partial charge in [0.2, 0.25) is 5.91 Å². The van der Waals surface area contributed by atoms with Crippen LogP contribution in [0.2, 0.25) is 0 Å². The van der Waals surface area contributed by atoms with E-state index in [0.29, 0.717) is 29.2 Å². The monoisotopic (exact) mass is 453 g/mol. The zero-order valence-corrected chi connectivity index (χ0v) is 18.6. The van der Waals surface area contributed by atoms with Crippen LogP contribution in [0.3, 0.4) is 0 Å². The highest BCUT2D eigenvalue weighted by Crippen LogP contribution is 2.32. The summed E-state index contributed by atoms with van der Waals surface area (Å²) in [6.45, 7) is 4.34. The lowest BCUT2D eigenvalue weighted by molar-refractivity contribution is -0.117. The summed E-state index contributed by atoms with van der Waals surface area (Å²) in [6.07, 6.45) is 0. The Morgan fingerprint density at radius 3 is 2.45 bits per heavy atom. The molecule has 1 aromatic carbocycles. The molecule has 3 rings (SSSR count). The van der Waals surface area contributed by atoms with Crippen molar-refractivity contribution in [2.75, 3.05) is 29.9 Å². The number of nitrogens with one attached hydrogen (secondary N) is 2. The Morgan fingerprint density at radius 1 is 1.14 bits per heavy atom. The molecule has 2 amide bonds. The summed E-state index contributed by atoms with van der Waals surface area (Å²) in [5.74, 6) is 0.812. The van der Waals surface area contributed by atoms with Gasteiger partial charge < -0.3 is 10.6 Å². The van der Waals surface area contributed by atoms with Crippen molar-refractivity contribution in [1.29, 1.82) is 0 Å². The van der Waals surface area contributed by atoms with E-state index in [1.54, 1.807) is 55.9 Å². The molecule has 0 saturated carbocycles. The normalized spacial score (nSPS) is 16.2. The molecule has 1 atom stereocenters. The fourth-order valence-electron chi connectivity index (χ4n) is 2.80. The van der Waals surface area contributed by atoms with Crippen LogP contribution in [-0.4, -0.2) is 55.2 Å². The second-order valence-electron chi connectivity index (χ2n) is 6.60. The highest BCUT2D eigenvalue weighted by Gasteiger charge is 2.29. The van der Waals surface area contributed by atoms with E-state index in [0.717, 1.165) is 22.8 Å². The molecule has 1 aromatic heterocycles. The average Bonchev–Trinajstić information content (AvgIpc) is 3.10. The molecular formula is C19H23N3O4S3. The maximum atomic E-state index is 12.8. The molecule has 0 spiro atoms. The first-order chi connectivity index (χ1) is 13.8. The standard InChI is InChI=1S/C19H23N3O4S3/c1-13(20-19(24)15-6-4-3-5-7-15)18(23)21-16-12-17(28-14(16)2)29(25,26)22-8-10-27-11-9-22/h3-7,12-13H,8-11H2,1-2H3,(H,20,24)(H,21,23)/t13-/m0/s1. The second kappa shape index (κ2) is 9.29. The minimum Gasteiger partial charge on any atom is -0.341 e. The average molecular weight is 454 g/mol. The summed E-state index contributed by atoms with van der Waals surface area (Å²) < 4.78 is 27.4. The summed E-state index contributed by atoms with van der Waals surface area (Å²) in [4.78, 5) is 25.4. The smallest absolute Gasteiger partial charge is 0.252 e. The Hall–Kier alpha value is -1.88. The van der Waals surface area contributed by atoms with Crippen molar-refractivity contribution in [3.8, 4) is 0 Å². The number of anilines is 1. The molecule has 0 aliphatic carbocycles. The number of carbonyl (C=O) groups is 2. The minimum absolute atomic E-state index is 0.221. The third-order valence-electron chi connectivity index (χ3n) is 4.49. The van der Waals surface area contributed by atoms with Crippen LogP contribution < -0.4 is 10.6 Å². The number of benzene rings is 1. The Kier molecular flexibility index (Phi) is 6.99. The van der Waals surface area contributed by atoms with Crippen LogP contribution in [0.15, 0.2) is 40.6 Å². The van der Waals surface area contributed by atoms with E-state index in [2.05, 4.69) is 10.6 Å². The number of hydrogen-bond acceptors (Lipinski definition) is 6. The fourth-order valence-corrected chi connectivity index (χ4v) is 6.93. The Bertz CT molecular complexity index is 983. The van der Waals surface area contributed by atoms with E-state index in [1.807, 2.05) is 0 Å². The van der Waals surface area contributed by atoms with Gasteiger partial charge in [-0.2, -0.15) is 16.1 Å². The number of amides is 2. The van der Waals surface area contributed by atoms with Crippen LogP contribution in [-0.2, 0) is 14.8 Å². The number of rotatable bonds is 6. The van der Waals surface area contributed by atoms with Crippen LogP contribution in [0.1, 0.15) is 22.2 Å². The van der Waals surface area contributed by atoms with Gasteiger partial charge in [0, 0.05) is 35.0 Å². The van der Waals surface area contributed by atoms with Gasteiger partial charge in [0.25, 0.3) is 15.9 Å². The van der Waals surface area contributed by atoms with Gasteiger partial charge in [-0.3, -0.25) is 9.59 Å². The molecule has 7 nitrogen and oxygen atoms in total. The molecule has 0 bridgehead atoms. The predicted octanol–water partition coefficient (Wildman–Crippen LogP) is 2.55. The molecule has 1 aliphatic heterocycles. The topological polar surface area (TPSA) is 95.6 Å². The van der Waals surface area contributed by atoms with Gasteiger partial charge in [-0.05, 0) is 32.0 Å². The minimum atomic E-state index is -3.56. The van der Waals surface area contributed by atoms with Crippen molar-refractivity contribution < 1.29 is 18.0 Å². The van der Waals surface area contributed by atoms with Gasteiger partial charge in [0.15, 0.2) is 0 Å². The summed E-state index contributed by atoms with van der Waals surface area (Å²) in [5.41, 5.74) is 0.915. The molecule has 2 heterocycles. The van der Waals surface area contributed by atoms with Crippen molar-refractivity contribution in [1.82, 2.24) is 9.62 Å². The molecule has 0 unspecified atom stereocenters.